The van der Waals surface area contributed by atoms with E-state index in [9.17, 15) is 29.4 Å². The summed E-state index contributed by atoms with van der Waals surface area (Å²) in [6.45, 7) is 3.82. The molecule has 0 heterocycles. The van der Waals surface area contributed by atoms with Crippen LogP contribution in [0.4, 0.5) is 34.1 Å². The Hall–Kier alpha value is -8.26. The molecule has 0 unspecified atom stereocenters. The zero-order valence-electron chi connectivity index (χ0n) is 34.1. The molecule has 0 saturated heterocycles. The number of esters is 2. The van der Waals surface area contributed by atoms with Gasteiger partial charge in [0.15, 0.2) is 11.5 Å². The number of amides is 2. The maximum absolute atomic E-state index is 14.1. The molecule has 7 aromatic rings. The molecule has 0 aromatic heterocycles. The van der Waals surface area contributed by atoms with Gasteiger partial charge in [0, 0.05) is 22.1 Å². The van der Waals surface area contributed by atoms with E-state index in [4.69, 9.17) is 9.47 Å². The maximum atomic E-state index is 14.1. The van der Waals surface area contributed by atoms with E-state index < -0.39 is 23.8 Å². The lowest BCUT2D eigenvalue weighted by Crippen LogP contribution is -2.17. The molecule has 0 fully saturated rings. The lowest BCUT2D eigenvalue weighted by Gasteiger charge is -2.18. The van der Waals surface area contributed by atoms with Crippen LogP contribution < -0.4 is 10.6 Å². The lowest BCUT2D eigenvalue weighted by molar-refractivity contribution is 0.0592. The van der Waals surface area contributed by atoms with Crippen LogP contribution in [-0.2, 0) is 22.3 Å². The number of fused-ring (bicyclic) bond motifs is 2. The minimum Gasteiger partial charge on any atom is -0.505 e. The third-order valence-corrected chi connectivity index (χ3v) is 10.1. The predicted octanol–water partition coefficient (Wildman–Crippen LogP) is 11.4. The number of aryl methyl sites for hydroxylation is 2. The van der Waals surface area contributed by atoms with Crippen LogP contribution in [0.5, 0.6) is 11.5 Å². The Morgan fingerprint density at radius 1 is 0.532 bits per heavy atom. The van der Waals surface area contributed by atoms with E-state index in [1.165, 1.54) is 14.2 Å². The van der Waals surface area contributed by atoms with Crippen molar-refractivity contribution in [1.29, 1.82) is 0 Å². The highest BCUT2D eigenvalue weighted by molar-refractivity contribution is 6.14. The first-order chi connectivity index (χ1) is 30.0. The van der Waals surface area contributed by atoms with E-state index in [-0.39, 0.29) is 34.0 Å². The molecule has 62 heavy (non-hydrogen) atoms. The molecule has 0 aliphatic carbocycles. The number of hydrogen-bond acceptors (Lipinski definition) is 12. The number of rotatable bonds is 12. The fourth-order valence-corrected chi connectivity index (χ4v) is 6.90. The average Bonchev–Trinajstić information content (AvgIpc) is 3.30. The van der Waals surface area contributed by atoms with Crippen LogP contribution in [0, 0.1) is 0 Å². The number of benzene rings is 7. The van der Waals surface area contributed by atoms with E-state index in [1.54, 1.807) is 115 Å². The Morgan fingerprint density at radius 3 is 1.34 bits per heavy atom. The van der Waals surface area contributed by atoms with Crippen molar-refractivity contribution in [3.8, 4) is 11.5 Å². The van der Waals surface area contributed by atoms with Gasteiger partial charge in [0.1, 0.15) is 11.4 Å². The minimum absolute atomic E-state index is 0.0295. The molecule has 310 valence electrons. The maximum Gasteiger partial charge on any atom is 0.337 e. The summed E-state index contributed by atoms with van der Waals surface area (Å²) in [5.74, 6) is -2.93. The van der Waals surface area contributed by atoms with Crippen molar-refractivity contribution >= 4 is 79.4 Å². The normalized spacial score (nSPS) is 11.3. The smallest absolute Gasteiger partial charge is 0.337 e. The first-order valence-corrected chi connectivity index (χ1v) is 19.5. The third kappa shape index (κ3) is 8.70. The number of anilines is 2. The average molecular weight is 829 g/mol. The monoisotopic (exact) mass is 828 g/mol. The van der Waals surface area contributed by atoms with Crippen molar-refractivity contribution < 1.29 is 38.9 Å². The standard InChI is InChI=1S/C48H40N6O8/c1-5-27-23-35(49-45(57)38-25-31-11-7-9-13-36(31)41(43(38)55)53-51-33-19-15-29(16-20-33)47(59)61-3)24-28(6-2)40(27)50-46(58)39-26-32-12-8-10-14-37(32)42(44(39)56)54-52-34-21-17-30(18-22-34)48(60)62-4/h7-26,55-56H,5-6H2,1-4H3,(H,49,57)(H,50,58). The Balaban J connectivity index is 1.17. The van der Waals surface area contributed by atoms with Crippen molar-refractivity contribution in [1.82, 2.24) is 0 Å². The lowest BCUT2D eigenvalue weighted by atomic mass is 9.99. The molecule has 0 aliphatic rings. The van der Waals surface area contributed by atoms with E-state index in [1.807, 2.05) is 19.9 Å². The van der Waals surface area contributed by atoms with Crippen LogP contribution in [0.15, 0.2) is 142 Å². The second-order valence-electron chi connectivity index (χ2n) is 13.9. The number of methoxy groups -OCH3 is 2. The minimum atomic E-state index is -0.602. The van der Waals surface area contributed by atoms with Crippen molar-refractivity contribution in [2.45, 2.75) is 26.7 Å². The number of nitrogens with one attached hydrogen (secondary N) is 2. The summed E-state index contributed by atoms with van der Waals surface area (Å²) in [5.41, 5.74) is 3.97. The molecular weight excluding hydrogens is 789 g/mol. The molecule has 0 spiro atoms. The van der Waals surface area contributed by atoms with Crippen LogP contribution in [0.2, 0.25) is 0 Å². The number of hydrogen-bond donors (Lipinski definition) is 4. The Morgan fingerprint density at radius 2 is 0.935 bits per heavy atom. The number of ether oxygens (including phenoxy) is 2. The number of carbonyl (C=O) groups excluding carboxylic acids is 4. The van der Waals surface area contributed by atoms with E-state index in [0.717, 1.165) is 0 Å². The summed E-state index contributed by atoms with van der Waals surface area (Å²) in [4.78, 5) is 51.7. The van der Waals surface area contributed by atoms with Crippen LogP contribution in [0.3, 0.4) is 0 Å². The number of carbonyl (C=O) groups is 4. The highest BCUT2D eigenvalue weighted by Crippen LogP contribution is 2.42. The fraction of sp³-hybridized carbons (Fsp3) is 0.125. The first-order valence-electron chi connectivity index (χ1n) is 19.5. The quantitative estimate of drug-likeness (QED) is 0.0688. The summed E-state index contributed by atoms with van der Waals surface area (Å²) in [7, 11) is 2.58. The highest BCUT2D eigenvalue weighted by Gasteiger charge is 2.23. The van der Waals surface area contributed by atoms with Gasteiger partial charge in [0.2, 0.25) is 0 Å². The van der Waals surface area contributed by atoms with Crippen molar-refractivity contribution in [3.63, 3.8) is 0 Å². The molecule has 0 aliphatic heterocycles. The van der Waals surface area contributed by atoms with Gasteiger partial charge in [0.05, 0.1) is 47.8 Å². The highest BCUT2D eigenvalue weighted by atomic mass is 16.5. The molecule has 14 heteroatoms. The van der Waals surface area contributed by atoms with Crippen molar-refractivity contribution in [2.75, 3.05) is 24.9 Å². The summed E-state index contributed by atoms with van der Waals surface area (Å²) in [5, 5.41) is 48.5. The molecule has 7 aromatic carbocycles. The number of phenolic OH excluding ortho intramolecular Hbond substituents is 2. The van der Waals surface area contributed by atoms with Gasteiger partial charge in [-0.15, -0.1) is 10.2 Å². The first kappa shape index (κ1) is 41.9. The molecule has 0 atom stereocenters. The number of aromatic hydroxyl groups is 2. The Bertz CT molecular complexity index is 2920. The Labute approximate surface area is 355 Å². The van der Waals surface area contributed by atoms with Crippen molar-refractivity contribution in [2.24, 2.45) is 20.5 Å². The zero-order valence-corrected chi connectivity index (χ0v) is 34.1. The zero-order chi connectivity index (χ0) is 43.9. The summed E-state index contributed by atoms with van der Waals surface area (Å²) >= 11 is 0. The van der Waals surface area contributed by atoms with Gasteiger partial charge in [-0.25, -0.2) is 9.59 Å². The molecule has 7 rings (SSSR count). The van der Waals surface area contributed by atoms with Crippen LogP contribution in [0.1, 0.15) is 66.4 Å². The van der Waals surface area contributed by atoms with Crippen molar-refractivity contribution in [3.05, 3.63) is 155 Å². The molecular formula is C48H40N6O8. The largest absolute Gasteiger partial charge is 0.505 e. The number of nitrogens with zero attached hydrogens (tertiary/aromatic N) is 4. The van der Waals surface area contributed by atoms with Gasteiger partial charge in [-0.2, -0.15) is 10.2 Å². The van der Waals surface area contributed by atoms with Gasteiger partial charge >= 0.3 is 11.9 Å². The second kappa shape index (κ2) is 18.3. The van der Waals surface area contributed by atoms with Gasteiger partial charge in [0.25, 0.3) is 11.8 Å². The Kier molecular flexibility index (Phi) is 12.4. The van der Waals surface area contributed by atoms with E-state index in [0.29, 0.717) is 79.4 Å². The van der Waals surface area contributed by atoms with Gasteiger partial charge in [-0.3, -0.25) is 9.59 Å². The summed E-state index contributed by atoms with van der Waals surface area (Å²) in [6, 6.07) is 33.5. The van der Waals surface area contributed by atoms with Gasteiger partial charge < -0.3 is 30.3 Å². The SMILES string of the molecule is CCc1cc(NC(=O)c2cc3ccccc3c(N=Nc3ccc(C(=O)OC)cc3)c2O)cc(CC)c1NC(=O)c1cc2ccccc2c(N=Nc2ccc(C(=O)OC)cc2)c1O. The molecule has 0 bridgehead atoms. The number of azo groups is 2. The molecule has 0 saturated carbocycles. The molecule has 0 radical (unpaired) electrons. The summed E-state index contributed by atoms with van der Waals surface area (Å²) in [6.07, 6.45) is 0.938. The molecule has 14 nitrogen and oxygen atoms in total. The van der Waals surface area contributed by atoms with Gasteiger partial charge in [-0.05, 0) is 108 Å². The van der Waals surface area contributed by atoms with Crippen LogP contribution >= 0.6 is 0 Å². The van der Waals surface area contributed by atoms with Gasteiger partial charge in [-0.1, -0.05) is 62.4 Å². The third-order valence-electron chi connectivity index (χ3n) is 10.1. The second-order valence-corrected chi connectivity index (χ2v) is 13.9. The van der Waals surface area contributed by atoms with Crippen LogP contribution in [-0.4, -0.2) is 48.2 Å². The summed E-state index contributed by atoms with van der Waals surface area (Å²) < 4.78 is 9.51. The fourth-order valence-electron chi connectivity index (χ4n) is 6.90. The van der Waals surface area contributed by atoms with E-state index >= 15 is 0 Å². The topological polar surface area (TPSA) is 201 Å². The predicted molar refractivity (Wildman–Crippen MR) is 236 cm³/mol. The molecule has 4 N–H and O–H groups in total. The van der Waals surface area contributed by atoms with Crippen LogP contribution in [0.25, 0.3) is 21.5 Å². The number of phenols is 2. The molecule has 2 amide bonds. The van der Waals surface area contributed by atoms with E-state index in [2.05, 4.69) is 31.1 Å².